The summed E-state index contributed by atoms with van der Waals surface area (Å²) in [6.07, 6.45) is -1.17. The number of hydrogen-bond donors (Lipinski definition) is 4. The summed E-state index contributed by atoms with van der Waals surface area (Å²) in [4.78, 5) is 24.4. The van der Waals surface area contributed by atoms with E-state index in [1.165, 1.54) is 31.4 Å². The average molecular weight is 2180 g/mol. The van der Waals surface area contributed by atoms with Gasteiger partial charge in [-0.3, -0.25) is 9.59 Å². The molecule has 10 aromatic carbocycles. The van der Waals surface area contributed by atoms with E-state index in [1.54, 1.807) is 88.1 Å². The van der Waals surface area contributed by atoms with Gasteiger partial charge in [0.05, 0.1) is 23.5 Å². The summed E-state index contributed by atoms with van der Waals surface area (Å²) < 4.78 is 162. The topological polar surface area (TPSA) is 283 Å². The number of ether oxygens (including phenoxy) is 13. The molecule has 10 aliphatic rings. The van der Waals surface area contributed by atoms with Gasteiger partial charge >= 0.3 is 29.6 Å². The SMILES string of the molecule is COCOc1ccc([C@H]2Oc3c(Br)cc(OCOC)cc3[C@H]3CC(=O)C[C@H]32)cc1.COCOc1ccc([C@H]2Oc3c(Br)cc(OCOC)cc3[C@H]3CC(F)(F)C[C@H]32)cc1.Cc1ccc([C@H]2Oc3c(C#N)cc(C)cc3[C@H]3CC(F)(F)C[C@H]32)cc1.Cl.Cl.O=C1C[C@@H]2[C@H](C1)c1cc(O)cc(Br)c1O[C@@H]2c1ccc(O)cc1.Oc1ccc([C@H]2Oc3c(Br)cc(O)cc3[C@H]3CC(F)(F)C[C@H]32)cc1.[C-]#N.[Na+]. The summed E-state index contributed by atoms with van der Waals surface area (Å²) in [5.74, 6) is -3.24. The Labute approximate surface area is 851 Å². The van der Waals surface area contributed by atoms with Crippen molar-refractivity contribution in [2.24, 2.45) is 29.6 Å². The van der Waals surface area contributed by atoms with E-state index in [1.807, 2.05) is 105 Å². The fourth-order valence-electron chi connectivity index (χ4n) is 20.4. The van der Waals surface area contributed by atoms with Gasteiger partial charge in [-0.1, -0.05) is 84.4 Å². The Morgan fingerprint density at radius 2 is 0.632 bits per heavy atom. The van der Waals surface area contributed by atoms with Gasteiger partial charge in [-0.15, -0.1) is 24.8 Å². The molecule has 34 heteroatoms. The van der Waals surface area contributed by atoms with Crippen LogP contribution in [-0.2, 0) is 28.5 Å². The molecule has 20 rings (SSSR count). The molecule has 15 atom stereocenters. The molecular weight excluding hydrogens is 2080 g/mol. The van der Waals surface area contributed by atoms with E-state index in [0.29, 0.717) is 90.5 Å². The summed E-state index contributed by atoms with van der Waals surface area (Å²) in [5.41, 5.74) is 10.9. The Morgan fingerprint density at radius 3 is 0.971 bits per heavy atom. The molecule has 5 fully saturated rings. The van der Waals surface area contributed by atoms with Crippen molar-refractivity contribution in [3.63, 3.8) is 0 Å². The van der Waals surface area contributed by atoms with Crippen LogP contribution in [0.3, 0.4) is 0 Å². The van der Waals surface area contributed by atoms with Crippen LogP contribution < -0.4 is 72.2 Å². The maximum absolute atomic E-state index is 14.5. The van der Waals surface area contributed by atoms with Crippen molar-refractivity contribution in [1.29, 1.82) is 10.5 Å². The van der Waals surface area contributed by atoms with Gasteiger partial charge in [0, 0.05) is 174 Å². The number of methoxy groups -OCH3 is 4. The van der Waals surface area contributed by atoms with Crippen molar-refractivity contribution in [2.45, 2.75) is 156 Å². The first-order chi connectivity index (χ1) is 63.8. The first-order valence-electron chi connectivity index (χ1n) is 43.1. The summed E-state index contributed by atoms with van der Waals surface area (Å²) >= 11 is 13.9. The van der Waals surface area contributed by atoms with Crippen molar-refractivity contribution < 1.29 is 147 Å². The predicted molar refractivity (Wildman–Crippen MR) is 505 cm³/mol. The molecule has 5 aliphatic heterocycles. The van der Waals surface area contributed by atoms with Gasteiger partial charge in [0.25, 0.3) is 0 Å². The molecule has 0 unspecified atom stereocenters. The van der Waals surface area contributed by atoms with E-state index in [0.717, 1.165) is 77.2 Å². The number of phenols is 4. The fourth-order valence-corrected chi connectivity index (χ4v) is 22.6. The Bertz CT molecular complexity index is 5960. The van der Waals surface area contributed by atoms with Crippen molar-refractivity contribution in [2.75, 3.05) is 55.6 Å². The number of nitriles is 1. The van der Waals surface area contributed by atoms with Crippen molar-refractivity contribution in [3.05, 3.63) is 279 Å². The molecule has 0 radical (unpaired) electrons. The Kier molecular flexibility index (Phi) is 35.3. The summed E-state index contributed by atoms with van der Waals surface area (Å²) in [5, 5.41) is 54.4. The maximum atomic E-state index is 14.5. The third-order valence-corrected chi connectivity index (χ3v) is 28.3. The maximum Gasteiger partial charge on any atom is 1.00 e. The minimum Gasteiger partial charge on any atom is -0.512 e. The molecule has 0 amide bonds. The molecule has 0 spiro atoms. The van der Waals surface area contributed by atoms with Crippen LogP contribution in [0.25, 0.3) is 0 Å². The van der Waals surface area contributed by atoms with E-state index in [2.05, 4.69) is 69.8 Å². The molecule has 0 saturated heterocycles. The zero-order valence-corrected chi connectivity index (χ0v) is 84.8. The van der Waals surface area contributed by atoms with E-state index in [-0.39, 0.29) is 226 Å². The number of carbonyl (C=O) groups is 2. The summed E-state index contributed by atoms with van der Waals surface area (Å²) in [7, 11) is 6.24. The van der Waals surface area contributed by atoms with E-state index >= 15 is 0 Å². The number of benzene rings is 10. The fraction of sp³-hybridized carbons (Fsp3) is 0.373. The molecule has 0 bridgehead atoms. The zero-order valence-electron chi connectivity index (χ0n) is 74.8. The second-order valence-corrected chi connectivity index (χ2v) is 38.3. The minimum absolute atomic E-state index is 0. The molecule has 21 nitrogen and oxygen atoms in total. The van der Waals surface area contributed by atoms with Gasteiger partial charge in [-0.2, -0.15) is 5.26 Å². The van der Waals surface area contributed by atoms with Crippen LogP contribution in [0.2, 0.25) is 0 Å². The average Bonchev–Trinajstić information content (AvgIpc) is 1.58. The number of ketones is 2. The Morgan fingerprint density at radius 1 is 0.353 bits per heavy atom. The third-order valence-electron chi connectivity index (χ3n) is 26.0. The van der Waals surface area contributed by atoms with Gasteiger partial charge in [-0.25, -0.2) is 26.3 Å². The van der Waals surface area contributed by atoms with E-state index in [9.17, 15) is 61.6 Å². The van der Waals surface area contributed by atoms with Gasteiger partial charge in [0.1, 0.15) is 123 Å². The van der Waals surface area contributed by atoms with Crippen molar-refractivity contribution in [1.82, 2.24) is 0 Å². The number of carbonyl (C=O) groups excluding carboxylic acids is 2. The molecular formula is C102H97Br4Cl2F6N2NaO19. The molecule has 4 N–H and O–H groups in total. The standard InChI is InChI=1S/C22H23BrF2O5.C22H23BrO6.C21H19F2NO.C18H15BrF2O3.C18H15BrO4.CN.2ClH.Na/c1-26-11-28-14-5-3-13(4-6-14)20-18-10-22(24,25)9-17(18)16-7-15(29-12-27-2)8-19(23)21(16)30-20;1-25-11-27-15-5-3-13(4-6-15)21-18-8-14(24)7-17(18)19-9-16(28-12-26-2)10-20(23)22(19)29-21;1-12-3-5-14(6-4-12)19-18-10-21(22,23)9-17(18)16-8-13(2)7-15(11-24)20(16)25-19;19-15-6-11(23)5-12-13-7-18(20,21)8-14(13)16(24-17(12)15)9-1-3-10(22)4-2-9;19-16-8-12(22)7-15-13-5-11(21)6-14(13)17(23-18(15)16)9-1-3-10(20)4-2-9;1-2;;;/h3-8,17-18,20H,9-12H2,1-2H3;3-6,9-10,17-18,21H,7-8,11-12H2,1-2H3;3-8,17-19H,9-10H2,1-2H3;1-6,13-14,16,22-23H,7-8H2;1-4,7-8,13-14,17,20,22H,5-6H2;;2*1H;/q;;;;;-1;;;+1/t17-,18-,20-;17-,18+,21+;17-,18-,19-;13-,14-,16-;13-,14+,17+;;;;/m10110..../s1. The Balaban J connectivity index is 0.000000152. The first kappa shape index (κ1) is 106. The predicted octanol–water partition coefficient (Wildman–Crippen LogP) is 22.8. The van der Waals surface area contributed by atoms with Crippen LogP contribution in [0.15, 0.2) is 200 Å². The minimum atomic E-state index is -2.76. The smallest absolute Gasteiger partial charge is 0.512 e. The van der Waals surface area contributed by atoms with Gasteiger partial charge in [0.15, 0.2) is 27.2 Å². The number of fused-ring (bicyclic) bond motifs is 15. The molecule has 5 saturated carbocycles. The monoisotopic (exact) mass is 2180 g/mol. The van der Waals surface area contributed by atoms with Gasteiger partial charge in [0.2, 0.25) is 17.8 Å². The third kappa shape index (κ3) is 23.6. The summed E-state index contributed by atoms with van der Waals surface area (Å²) in [6, 6.07) is 55.8. The number of phenolic OH excluding ortho intramolecular Hbond substituents is 4. The van der Waals surface area contributed by atoms with Gasteiger partial charge < -0.3 is 93.8 Å². The molecule has 136 heavy (non-hydrogen) atoms. The van der Waals surface area contributed by atoms with E-state index in [4.69, 9.17) is 73.4 Å². The van der Waals surface area contributed by atoms with Crippen LogP contribution in [0.4, 0.5) is 26.3 Å². The van der Waals surface area contributed by atoms with Crippen LogP contribution in [-0.4, -0.2) is 105 Å². The normalized spacial score (nSPS) is 24.1. The number of Topliss-reactive ketones (excluding diaryl/α,β-unsaturated/α-hetero) is 2. The number of aryl methyl sites for hydroxylation is 2. The van der Waals surface area contributed by atoms with Crippen LogP contribution in [0.5, 0.6) is 74.7 Å². The Hall–Kier alpha value is -9.16. The number of aromatic hydroxyl groups is 4. The van der Waals surface area contributed by atoms with Crippen LogP contribution >= 0.6 is 88.5 Å². The van der Waals surface area contributed by atoms with E-state index < -0.39 is 36.1 Å². The quantitative estimate of drug-likeness (QED) is 0.0285. The molecule has 5 aliphatic carbocycles. The molecule has 5 heterocycles. The van der Waals surface area contributed by atoms with Crippen LogP contribution in [0, 0.1) is 66.6 Å². The second-order valence-electron chi connectivity index (χ2n) is 34.8. The largest absolute Gasteiger partial charge is 1.00 e. The second kappa shape index (κ2) is 45.4. The van der Waals surface area contributed by atoms with Crippen LogP contribution in [0.1, 0.15) is 197 Å². The number of nitrogens with zero attached hydrogens (tertiary/aromatic N) is 2. The number of halogens is 12. The zero-order chi connectivity index (χ0) is 94.6. The first-order valence-corrected chi connectivity index (χ1v) is 46.2. The molecule has 0 aromatic heterocycles. The number of alkyl halides is 6. The summed E-state index contributed by atoms with van der Waals surface area (Å²) in [6.45, 7) is 9.21. The molecule has 10 aromatic rings. The van der Waals surface area contributed by atoms with Gasteiger partial charge in [-0.05, 0) is 220 Å². The number of rotatable bonds is 17. The van der Waals surface area contributed by atoms with Crippen molar-refractivity contribution >= 4 is 100 Å². The number of hydrogen-bond acceptors (Lipinski definition) is 21. The van der Waals surface area contributed by atoms with Crippen molar-refractivity contribution in [3.8, 4) is 80.8 Å². The molecule has 714 valence electrons.